The van der Waals surface area contributed by atoms with E-state index >= 15 is 0 Å². The van der Waals surface area contributed by atoms with Gasteiger partial charge in [-0.3, -0.25) is 14.5 Å². The van der Waals surface area contributed by atoms with Crippen molar-refractivity contribution in [3.05, 3.63) is 24.0 Å². The van der Waals surface area contributed by atoms with Gasteiger partial charge < -0.3 is 19.9 Å². The average Bonchev–Trinajstić information content (AvgIpc) is 2.70. The zero-order chi connectivity index (χ0) is 21.5. The summed E-state index contributed by atoms with van der Waals surface area (Å²) in [5.74, 6) is 0.271. The van der Waals surface area contributed by atoms with E-state index in [0.717, 1.165) is 51.3 Å². The van der Waals surface area contributed by atoms with Crippen LogP contribution in [0.25, 0.3) is 0 Å². The molecular weight excluding hydrogens is 387 g/mol. The molecule has 0 spiro atoms. The van der Waals surface area contributed by atoms with Gasteiger partial charge in [0.05, 0.1) is 18.3 Å². The Morgan fingerprint density at radius 1 is 1.17 bits per heavy atom. The number of carbonyl (C=O) groups is 2. The van der Waals surface area contributed by atoms with Gasteiger partial charge in [-0.1, -0.05) is 0 Å². The predicted octanol–water partition coefficient (Wildman–Crippen LogP) is 1.86. The van der Waals surface area contributed by atoms with Gasteiger partial charge in [0.15, 0.2) is 0 Å². The molecular formula is C22H33FN4O3. The van der Waals surface area contributed by atoms with Crippen LogP contribution in [-0.4, -0.2) is 80.1 Å². The zero-order valence-electron chi connectivity index (χ0n) is 18.0. The molecule has 7 nitrogen and oxygen atoms in total. The van der Waals surface area contributed by atoms with Gasteiger partial charge >= 0.3 is 0 Å². The average molecular weight is 421 g/mol. The number of carbonyl (C=O) groups excluding carboxylic acids is 2. The van der Waals surface area contributed by atoms with Crippen LogP contribution < -0.4 is 15.0 Å². The summed E-state index contributed by atoms with van der Waals surface area (Å²) in [7, 11) is 0. The molecule has 0 unspecified atom stereocenters. The highest BCUT2D eigenvalue weighted by atomic mass is 19.1. The van der Waals surface area contributed by atoms with E-state index in [1.54, 1.807) is 11.0 Å². The van der Waals surface area contributed by atoms with Crippen molar-refractivity contribution in [2.45, 2.75) is 39.2 Å². The normalized spacial score (nSPS) is 18.1. The number of piperazine rings is 1. The van der Waals surface area contributed by atoms with Gasteiger partial charge in [-0.15, -0.1) is 0 Å². The molecule has 0 aromatic heterocycles. The molecule has 166 valence electrons. The highest BCUT2D eigenvalue weighted by molar-refractivity contribution is 5.85. The van der Waals surface area contributed by atoms with Crippen LogP contribution in [0.4, 0.5) is 10.1 Å². The summed E-state index contributed by atoms with van der Waals surface area (Å²) in [5, 5.41) is 2.93. The summed E-state index contributed by atoms with van der Waals surface area (Å²) in [5.41, 5.74) is 0.921. The molecule has 3 rings (SSSR count). The number of benzene rings is 1. The van der Waals surface area contributed by atoms with E-state index in [0.29, 0.717) is 25.3 Å². The molecule has 1 N–H and O–H groups in total. The van der Waals surface area contributed by atoms with Crippen molar-refractivity contribution in [1.29, 1.82) is 0 Å². The van der Waals surface area contributed by atoms with Crippen LogP contribution in [0.1, 0.15) is 33.1 Å². The highest BCUT2D eigenvalue weighted by Crippen LogP contribution is 2.30. The van der Waals surface area contributed by atoms with Crippen molar-refractivity contribution < 1.29 is 18.7 Å². The summed E-state index contributed by atoms with van der Waals surface area (Å²) in [6, 6.07) is 4.70. The highest BCUT2D eigenvalue weighted by Gasteiger charge is 2.22. The standard InChI is InChI=1S/C22H33FN4O3/c1-17(2)30-20-15-18(23)6-7-19(20)26-13-11-25(12-14-26)10-8-24-21(28)16-27-9-4-3-5-22(27)29/h6-7,15,17H,3-5,8-14,16H2,1-2H3,(H,24,28). The summed E-state index contributed by atoms with van der Waals surface area (Å²) in [6.45, 7) is 9.40. The predicted molar refractivity (Wildman–Crippen MR) is 114 cm³/mol. The minimum Gasteiger partial charge on any atom is -0.489 e. The fourth-order valence-electron chi connectivity index (χ4n) is 3.92. The van der Waals surface area contributed by atoms with Crippen LogP contribution in [-0.2, 0) is 9.59 Å². The Bertz CT molecular complexity index is 735. The minimum absolute atomic E-state index is 0.0179. The number of piperidine rings is 1. The molecule has 8 heteroatoms. The first-order chi connectivity index (χ1) is 14.4. The quantitative estimate of drug-likeness (QED) is 0.696. The lowest BCUT2D eigenvalue weighted by Crippen LogP contribution is -2.49. The number of hydrogen-bond acceptors (Lipinski definition) is 5. The van der Waals surface area contributed by atoms with E-state index in [9.17, 15) is 14.0 Å². The molecule has 1 aromatic rings. The topological polar surface area (TPSA) is 65.1 Å². The van der Waals surface area contributed by atoms with E-state index in [4.69, 9.17) is 4.74 Å². The summed E-state index contributed by atoms with van der Waals surface area (Å²) in [6.07, 6.45) is 2.43. The maximum atomic E-state index is 13.6. The molecule has 0 saturated carbocycles. The van der Waals surface area contributed by atoms with Crippen molar-refractivity contribution in [1.82, 2.24) is 15.1 Å². The van der Waals surface area contributed by atoms with Gasteiger partial charge in [0.25, 0.3) is 0 Å². The molecule has 0 radical (unpaired) electrons. The van der Waals surface area contributed by atoms with Crippen LogP contribution in [0.2, 0.25) is 0 Å². The SMILES string of the molecule is CC(C)Oc1cc(F)ccc1N1CCN(CCNC(=O)CN2CCCCC2=O)CC1. The van der Waals surface area contributed by atoms with Crippen LogP contribution >= 0.6 is 0 Å². The lowest BCUT2D eigenvalue weighted by molar-refractivity contribution is -0.137. The van der Waals surface area contributed by atoms with Gasteiger partial charge in [-0.2, -0.15) is 0 Å². The molecule has 0 bridgehead atoms. The molecule has 2 aliphatic rings. The van der Waals surface area contributed by atoms with E-state index in [2.05, 4.69) is 15.1 Å². The van der Waals surface area contributed by atoms with Gasteiger partial charge in [-0.25, -0.2) is 4.39 Å². The number of nitrogens with zero attached hydrogens (tertiary/aromatic N) is 3. The Balaban J connectivity index is 1.41. The number of likely N-dealkylation sites (tertiary alicyclic amines) is 1. The van der Waals surface area contributed by atoms with Crippen LogP contribution in [0, 0.1) is 5.82 Å². The minimum atomic E-state index is -0.296. The molecule has 0 atom stereocenters. The molecule has 2 aliphatic heterocycles. The van der Waals surface area contributed by atoms with Gasteiger partial charge in [0.2, 0.25) is 11.8 Å². The first-order valence-electron chi connectivity index (χ1n) is 10.9. The second-order valence-electron chi connectivity index (χ2n) is 8.23. The smallest absolute Gasteiger partial charge is 0.239 e. The third kappa shape index (κ3) is 6.32. The van der Waals surface area contributed by atoms with Gasteiger partial charge in [-0.05, 0) is 38.8 Å². The van der Waals surface area contributed by atoms with Gasteiger partial charge in [0.1, 0.15) is 11.6 Å². The van der Waals surface area contributed by atoms with E-state index in [-0.39, 0.29) is 30.3 Å². The fraction of sp³-hybridized carbons (Fsp3) is 0.636. The molecule has 30 heavy (non-hydrogen) atoms. The van der Waals surface area contributed by atoms with Crippen molar-refractivity contribution in [2.24, 2.45) is 0 Å². The number of halogens is 1. The summed E-state index contributed by atoms with van der Waals surface area (Å²) in [4.78, 5) is 30.1. The Hall–Kier alpha value is -2.35. The van der Waals surface area contributed by atoms with Crippen LogP contribution in [0.5, 0.6) is 5.75 Å². The van der Waals surface area contributed by atoms with E-state index in [1.807, 2.05) is 13.8 Å². The van der Waals surface area contributed by atoms with Gasteiger partial charge in [0, 0.05) is 58.3 Å². The number of nitrogens with one attached hydrogen (secondary N) is 1. The fourth-order valence-corrected chi connectivity index (χ4v) is 3.92. The van der Waals surface area contributed by atoms with Crippen LogP contribution in [0.15, 0.2) is 18.2 Å². The first kappa shape index (κ1) is 22.3. The van der Waals surface area contributed by atoms with Crippen molar-refractivity contribution in [2.75, 3.05) is 57.3 Å². The lowest BCUT2D eigenvalue weighted by atomic mass is 10.1. The molecule has 2 fully saturated rings. The van der Waals surface area contributed by atoms with Crippen molar-refractivity contribution in [3.63, 3.8) is 0 Å². The zero-order valence-corrected chi connectivity index (χ0v) is 18.0. The largest absolute Gasteiger partial charge is 0.489 e. The number of rotatable bonds is 8. The second kappa shape index (κ2) is 10.6. The molecule has 1 aromatic carbocycles. The van der Waals surface area contributed by atoms with Crippen molar-refractivity contribution >= 4 is 17.5 Å². The monoisotopic (exact) mass is 420 g/mol. The maximum absolute atomic E-state index is 13.6. The van der Waals surface area contributed by atoms with E-state index in [1.165, 1.54) is 12.1 Å². The maximum Gasteiger partial charge on any atom is 0.239 e. The number of ether oxygens (including phenoxy) is 1. The Morgan fingerprint density at radius 2 is 1.93 bits per heavy atom. The number of amides is 2. The second-order valence-corrected chi connectivity index (χ2v) is 8.23. The lowest BCUT2D eigenvalue weighted by Gasteiger charge is -2.37. The first-order valence-corrected chi connectivity index (χ1v) is 10.9. The third-order valence-electron chi connectivity index (χ3n) is 5.50. The molecule has 0 aliphatic carbocycles. The van der Waals surface area contributed by atoms with E-state index < -0.39 is 0 Å². The van der Waals surface area contributed by atoms with Crippen LogP contribution in [0.3, 0.4) is 0 Å². The molecule has 2 saturated heterocycles. The number of hydrogen-bond donors (Lipinski definition) is 1. The van der Waals surface area contributed by atoms with Crippen molar-refractivity contribution in [3.8, 4) is 5.75 Å². The molecule has 2 amide bonds. The molecule has 2 heterocycles. The summed E-state index contributed by atoms with van der Waals surface area (Å²) >= 11 is 0. The Labute approximate surface area is 178 Å². The summed E-state index contributed by atoms with van der Waals surface area (Å²) < 4.78 is 19.4. The third-order valence-corrected chi connectivity index (χ3v) is 5.50. The number of anilines is 1. The Morgan fingerprint density at radius 3 is 2.63 bits per heavy atom. The Kier molecular flexibility index (Phi) is 7.90.